The van der Waals surface area contributed by atoms with Crippen LogP contribution in [0.4, 0.5) is 0 Å². The number of hydrogen-bond acceptors (Lipinski definition) is 2. The summed E-state index contributed by atoms with van der Waals surface area (Å²) in [5.41, 5.74) is 0.322. The van der Waals surface area contributed by atoms with Gasteiger partial charge in [-0.05, 0) is 25.7 Å². The van der Waals surface area contributed by atoms with E-state index in [1.165, 1.54) is 32.1 Å². The van der Waals surface area contributed by atoms with Gasteiger partial charge in [0.05, 0.1) is 18.8 Å². The average molecular weight is 245 g/mol. The molecular formula is C13H21ClO2. The molecule has 3 heteroatoms. The highest BCUT2D eigenvalue weighted by molar-refractivity contribution is 6.21. The minimum atomic E-state index is 0.322. The van der Waals surface area contributed by atoms with Gasteiger partial charge in [-0.3, -0.25) is 0 Å². The number of hydrogen-bond donors (Lipinski definition) is 0. The van der Waals surface area contributed by atoms with Gasteiger partial charge in [0.2, 0.25) is 0 Å². The van der Waals surface area contributed by atoms with Crippen LogP contribution in [-0.4, -0.2) is 30.8 Å². The Morgan fingerprint density at radius 1 is 1.19 bits per heavy atom. The van der Waals surface area contributed by atoms with Crippen molar-refractivity contribution in [1.82, 2.24) is 0 Å². The molecule has 3 atom stereocenters. The minimum Gasteiger partial charge on any atom is -0.379 e. The van der Waals surface area contributed by atoms with Crippen LogP contribution in [0, 0.1) is 5.41 Å². The van der Waals surface area contributed by atoms with Crippen LogP contribution >= 0.6 is 11.6 Å². The van der Waals surface area contributed by atoms with Crippen LogP contribution in [0.5, 0.6) is 0 Å². The van der Waals surface area contributed by atoms with Crippen LogP contribution in [0.15, 0.2) is 0 Å². The molecule has 3 fully saturated rings. The molecule has 1 heterocycles. The van der Waals surface area contributed by atoms with Gasteiger partial charge in [-0.15, -0.1) is 11.6 Å². The fourth-order valence-corrected chi connectivity index (χ4v) is 4.11. The molecule has 16 heavy (non-hydrogen) atoms. The van der Waals surface area contributed by atoms with Gasteiger partial charge in [0.25, 0.3) is 0 Å². The topological polar surface area (TPSA) is 18.5 Å². The van der Waals surface area contributed by atoms with Gasteiger partial charge < -0.3 is 9.47 Å². The third-order valence-electron chi connectivity index (χ3n) is 4.72. The molecule has 2 nitrogen and oxygen atoms in total. The zero-order valence-corrected chi connectivity index (χ0v) is 10.5. The number of alkyl halides is 1. The highest BCUT2D eigenvalue weighted by atomic mass is 35.5. The Labute approximate surface area is 103 Å². The lowest BCUT2D eigenvalue weighted by Gasteiger charge is -2.55. The van der Waals surface area contributed by atoms with Crippen molar-refractivity contribution in [3.05, 3.63) is 0 Å². The van der Waals surface area contributed by atoms with Gasteiger partial charge in [0.15, 0.2) is 0 Å². The van der Waals surface area contributed by atoms with E-state index in [0.29, 0.717) is 23.0 Å². The molecule has 0 N–H and O–H groups in total. The van der Waals surface area contributed by atoms with E-state index in [2.05, 4.69) is 0 Å². The number of ether oxygens (including phenoxy) is 2. The molecule has 3 aliphatic rings. The Bertz CT molecular complexity index is 244. The van der Waals surface area contributed by atoms with Crippen molar-refractivity contribution in [3.8, 4) is 0 Å². The lowest BCUT2D eigenvalue weighted by Crippen LogP contribution is -2.57. The molecule has 1 spiro atoms. The van der Waals surface area contributed by atoms with E-state index in [-0.39, 0.29) is 0 Å². The maximum atomic E-state index is 6.45. The van der Waals surface area contributed by atoms with Crippen LogP contribution in [0.1, 0.15) is 44.9 Å². The maximum absolute atomic E-state index is 6.45. The molecule has 1 aliphatic heterocycles. The number of halogens is 1. The molecule has 0 aromatic carbocycles. The Hall–Kier alpha value is 0.210. The van der Waals surface area contributed by atoms with Crippen LogP contribution in [0.3, 0.4) is 0 Å². The predicted octanol–water partition coefficient (Wildman–Crippen LogP) is 3.12. The number of rotatable bonds is 2. The van der Waals surface area contributed by atoms with Crippen molar-refractivity contribution in [2.75, 3.05) is 13.2 Å². The van der Waals surface area contributed by atoms with Gasteiger partial charge in [-0.25, -0.2) is 0 Å². The van der Waals surface area contributed by atoms with Gasteiger partial charge in [0, 0.05) is 17.4 Å². The van der Waals surface area contributed by atoms with E-state index in [1.54, 1.807) is 0 Å². The van der Waals surface area contributed by atoms with E-state index in [0.717, 1.165) is 26.1 Å². The summed E-state index contributed by atoms with van der Waals surface area (Å²) < 4.78 is 11.6. The van der Waals surface area contributed by atoms with E-state index >= 15 is 0 Å². The summed E-state index contributed by atoms with van der Waals surface area (Å²) in [6.45, 7) is 1.66. The van der Waals surface area contributed by atoms with Crippen molar-refractivity contribution in [3.63, 3.8) is 0 Å². The molecule has 2 aliphatic carbocycles. The summed E-state index contributed by atoms with van der Waals surface area (Å²) in [5, 5.41) is 0.361. The molecule has 0 aromatic rings. The summed E-state index contributed by atoms with van der Waals surface area (Å²) >= 11 is 6.45. The first-order chi connectivity index (χ1) is 7.81. The molecular weight excluding hydrogens is 224 g/mol. The monoisotopic (exact) mass is 244 g/mol. The third-order valence-corrected chi connectivity index (χ3v) is 5.33. The molecule has 0 aromatic heterocycles. The van der Waals surface area contributed by atoms with E-state index in [9.17, 15) is 0 Å². The molecule has 0 radical (unpaired) electrons. The normalized spacial score (nSPS) is 42.2. The summed E-state index contributed by atoms with van der Waals surface area (Å²) in [5.74, 6) is 0. The fourth-order valence-electron chi connectivity index (χ4n) is 3.59. The standard InChI is InChI=1S/C13H21ClO2/c14-11-8-12(16-10-4-7-15-9-10)13(11)5-2-1-3-6-13/h10-12H,1-9H2. The quantitative estimate of drug-likeness (QED) is 0.695. The first kappa shape index (κ1) is 11.3. The second-order valence-electron chi connectivity index (χ2n) is 5.61. The van der Waals surface area contributed by atoms with Crippen molar-refractivity contribution >= 4 is 11.6 Å². The van der Waals surface area contributed by atoms with Crippen LogP contribution in [0.2, 0.25) is 0 Å². The molecule has 3 rings (SSSR count). The minimum absolute atomic E-state index is 0.322. The molecule has 92 valence electrons. The first-order valence-electron chi connectivity index (χ1n) is 6.68. The van der Waals surface area contributed by atoms with E-state index < -0.39 is 0 Å². The van der Waals surface area contributed by atoms with Crippen LogP contribution < -0.4 is 0 Å². The van der Waals surface area contributed by atoms with Crippen molar-refractivity contribution in [2.24, 2.45) is 5.41 Å². The Morgan fingerprint density at radius 3 is 2.62 bits per heavy atom. The Kier molecular flexibility index (Phi) is 3.16. The second-order valence-corrected chi connectivity index (χ2v) is 6.13. The first-order valence-corrected chi connectivity index (χ1v) is 7.12. The summed E-state index contributed by atoms with van der Waals surface area (Å²) in [4.78, 5) is 0. The zero-order chi connectivity index (χ0) is 11.0. The van der Waals surface area contributed by atoms with Crippen LogP contribution in [-0.2, 0) is 9.47 Å². The van der Waals surface area contributed by atoms with Crippen LogP contribution in [0.25, 0.3) is 0 Å². The summed E-state index contributed by atoms with van der Waals surface area (Å²) in [6.07, 6.45) is 9.49. The van der Waals surface area contributed by atoms with E-state index in [4.69, 9.17) is 21.1 Å². The molecule has 0 bridgehead atoms. The van der Waals surface area contributed by atoms with Gasteiger partial charge in [0.1, 0.15) is 0 Å². The van der Waals surface area contributed by atoms with Gasteiger partial charge in [-0.1, -0.05) is 19.3 Å². The average Bonchev–Trinajstić information content (AvgIpc) is 2.83. The van der Waals surface area contributed by atoms with Crippen molar-refractivity contribution in [1.29, 1.82) is 0 Å². The van der Waals surface area contributed by atoms with Crippen molar-refractivity contribution in [2.45, 2.75) is 62.5 Å². The summed E-state index contributed by atoms with van der Waals surface area (Å²) in [7, 11) is 0. The Balaban J connectivity index is 1.62. The molecule has 0 amide bonds. The highest BCUT2D eigenvalue weighted by Crippen LogP contribution is 2.56. The second kappa shape index (κ2) is 4.47. The van der Waals surface area contributed by atoms with Crippen molar-refractivity contribution < 1.29 is 9.47 Å². The lowest BCUT2D eigenvalue weighted by molar-refractivity contribution is -0.151. The smallest absolute Gasteiger partial charge is 0.0834 e. The highest BCUT2D eigenvalue weighted by Gasteiger charge is 2.55. The lowest BCUT2D eigenvalue weighted by atomic mass is 9.58. The van der Waals surface area contributed by atoms with Gasteiger partial charge in [-0.2, -0.15) is 0 Å². The predicted molar refractivity (Wildman–Crippen MR) is 63.9 cm³/mol. The molecule has 3 unspecified atom stereocenters. The fraction of sp³-hybridized carbons (Fsp3) is 1.00. The zero-order valence-electron chi connectivity index (χ0n) is 9.79. The Morgan fingerprint density at radius 2 is 2.00 bits per heavy atom. The SMILES string of the molecule is ClC1CC(OC2CCOC2)C12CCCCC2. The molecule has 1 saturated heterocycles. The maximum Gasteiger partial charge on any atom is 0.0834 e. The summed E-state index contributed by atoms with van der Waals surface area (Å²) in [6, 6.07) is 0. The third kappa shape index (κ3) is 1.79. The van der Waals surface area contributed by atoms with E-state index in [1.807, 2.05) is 0 Å². The molecule has 2 saturated carbocycles. The largest absolute Gasteiger partial charge is 0.379 e. The van der Waals surface area contributed by atoms with Gasteiger partial charge >= 0.3 is 0 Å².